The van der Waals surface area contributed by atoms with Crippen LogP contribution in [0.2, 0.25) is 5.02 Å². The van der Waals surface area contributed by atoms with E-state index in [-0.39, 0.29) is 0 Å². The van der Waals surface area contributed by atoms with Gasteiger partial charge in [0.15, 0.2) is 23.1 Å². The van der Waals surface area contributed by atoms with Gasteiger partial charge in [0.2, 0.25) is 0 Å². The van der Waals surface area contributed by atoms with Crippen molar-refractivity contribution < 1.29 is 8.83 Å². The molecule has 0 bridgehead atoms. The zero-order valence-corrected chi connectivity index (χ0v) is 24.5. The number of benzene rings is 6. The van der Waals surface area contributed by atoms with Gasteiger partial charge in [0.25, 0.3) is 0 Å². The molecule has 0 atom stereocenters. The van der Waals surface area contributed by atoms with E-state index < -0.39 is 0 Å². The number of para-hydroxylation sites is 2. The maximum atomic E-state index is 6.54. The standard InChI is InChI=1S/C39H22ClN3O2/c40-31-17-8-16-30-35-28(15-9-19-33(35)45-36(30)31)25-12-4-5-14-29(25)39-42-37(23-10-2-1-3-11-23)41-38(43-39)24-20-21-27-26-13-6-7-18-32(26)44-34(27)22-24/h1-22H. The number of hydrogen-bond acceptors (Lipinski definition) is 5. The Kier molecular flexibility index (Phi) is 5.80. The van der Waals surface area contributed by atoms with Crippen LogP contribution in [-0.2, 0) is 0 Å². The Balaban J connectivity index is 1.28. The Morgan fingerprint density at radius 1 is 0.422 bits per heavy atom. The summed E-state index contributed by atoms with van der Waals surface area (Å²) in [5.41, 5.74) is 7.70. The summed E-state index contributed by atoms with van der Waals surface area (Å²) in [7, 11) is 0. The molecule has 0 amide bonds. The van der Waals surface area contributed by atoms with Crippen molar-refractivity contribution in [2.75, 3.05) is 0 Å². The number of furan rings is 2. The normalized spacial score (nSPS) is 11.7. The van der Waals surface area contributed by atoms with Gasteiger partial charge in [0.1, 0.15) is 16.7 Å². The molecule has 0 unspecified atom stereocenters. The Hall–Kier alpha value is -5.78. The fraction of sp³-hybridized carbons (Fsp3) is 0. The minimum absolute atomic E-state index is 0.565. The summed E-state index contributed by atoms with van der Waals surface area (Å²) in [5, 5.41) is 4.67. The van der Waals surface area contributed by atoms with Crippen LogP contribution in [0, 0.1) is 0 Å². The second-order valence-electron chi connectivity index (χ2n) is 10.9. The molecule has 0 fully saturated rings. The monoisotopic (exact) mass is 599 g/mol. The number of aromatic nitrogens is 3. The lowest BCUT2D eigenvalue weighted by atomic mass is 9.95. The highest BCUT2D eigenvalue weighted by Crippen LogP contribution is 2.42. The molecule has 3 heterocycles. The Bertz CT molecular complexity index is 2570. The van der Waals surface area contributed by atoms with Gasteiger partial charge in [-0.1, -0.05) is 115 Å². The SMILES string of the molecule is Clc1cccc2c1oc1cccc(-c3ccccc3-c3nc(-c4ccccc4)nc(-c4ccc5c(c4)oc4ccccc45)n3)c12. The summed E-state index contributed by atoms with van der Waals surface area (Å²) in [6, 6.07) is 44.3. The smallest absolute Gasteiger partial charge is 0.164 e. The quantitative estimate of drug-likeness (QED) is 0.201. The molecular formula is C39H22ClN3O2. The van der Waals surface area contributed by atoms with Gasteiger partial charge in [0.05, 0.1) is 5.02 Å². The molecular weight excluding hydrogens is 578 g/mol. The van der Waals surface area contributed by atoms with Crippen molar-refractivity contribution >= 4 is 55.5 Å². The summed E-state index contributed by atoms with van der Waals surface area (Å²) < 4.78 is 12.4. The van der Waals surface area contributed by atoms with Crippen LogP contribution in [0.1, 0.15) is 0 Å². The molecule has 0 aliphatic heterocycles. The van der Waals surface area contributed by atoms with Gasteiger partial charge in [-0.2, -0.15) is 0 Å². The third-order valence-corrected chi connectivity index (χ3v) is 8.53. The van der Waals surface area contributed by atoms with Gasteiger partial charge in [-0.15, -0.1) is 0 Å². The average molecular weight is 600 g/mol. The first-order valence-electron chi connectivity index (χ1n) is 14.6. The summed E-state index contributed by atoms with van der Waals surface area (Å²) in [6.07, 6.45) is 0. The molecule has 6 aromatic carbocycles. The van der Waals surface area contributed by atoms with Gasteiger partial charge < -0.3 is 8.83 Å². The van der Waals surface area contributed by atoms with Crippen LogP contribution in [0.25, 0.3) is 89.2 Å². The topological polar surface area (TPSA) is 65.0 Å². The highest BCUT2D eigenvalue weighted by molar-refractivity contribution is 6.36. The van der Waals surface area contributed by atoms with Crippen molar-refractivity contribution in [2.45, 2.75) is 0 Å². The zero-order chi connectivity index (χ0) is 29.9. The lowest BCUT2D eigenvalue weighted by Gasteiger charge is -2.13. The Morgan fingerprint density at radius 2 is 1.07 bits per heavy atom. The molecule has 0 saturated carbocycles. The van der Waals surface area contributed by atoms with Crippen LogP contribution in [0.4, 0.5) is 0 Å². The molecule has 3 aromatic heterocycles. The molecule has 0 aliphatic carbocycles. The third kappa shape index (κ3) is 4.20. The molecule has 0 N–H and O–H groups in total. The van der Waals surface area contributed by atoms with E-state index >= 15 is 0 Å². The number of halogens is 1. The first-order chi connectivity index (χ1) is 22.2. The minimum atomic E-state index is 0.565. The maximum Gasteiger partial charge on any atom is 0.164 e. The fourth-order valence-corrected chi connectivity index (χ4v) is 6.37. The second kappa shape index (κ2) is 10.2. The van der Waals surface area contributed by atoms with Crippen LogP contribution in [0.3, 0.4) is 0 Å². The molecule has 212 valence electrons. The molecule has 0 radical (unpaired) electrons. The highest BCUT2D eigenvalue weighted by atomic mass is 35.5. The molecule has 0 spiro atoms. The van der Waals surface area contributed by atoms with E-state index in [0.29, 0.717) is 28.1 Å². The summed E-state index contributed by atoms with van der Waals surface area (Å²) in [4.78, 5) is 15.1. The number of nitrogens with zero attached hydrogens (tertiary/aromatic N) is 3. The largest absolute Gasteiger partial charge is 0.456 e. The minimum Gasteiger partial charge on any atom is -0.456 e. The number of rotatable bonds is 4. The van der Waals surface area contributed by atoms with Gasteiger partial charge in [-0.3, -0.25) is 0 Å². The van der Waals surface area contributed by atoms with Crippen LogP contribution in [0.15, 0.2) is 142 Å². The number of hydrogen-bond donors (Lipinski definition) is 0. The Morgan fingerprint density at radius 3 is 1.96 bits per heavy atom. The van der Waals surface area contributed by atoms with Crippen molar-refractivity contribution in [3.05, 3.63) is 138 Å². The van der Waals surface area contributed by atoms with Crippen molar-refractivity contribution in [2.24, 2.45) is 0 Å². The van der Waals surface area contributed by atoms with Crippen LogP contribution < -0.4 is 0 Å². The summed E-state index contributed by atoms with van der Waals surface area (Å²) >= 11 is 6.54. The molecule has 5 nitrogen and oxygen atoms in total. The van der Waals surface area contributed by atoms with Crippen LogP contribution >= 0.6 is 11.6 Å². The van der Waals surface area contributed by atoms with Gasteiger partial charge >= 0.3 is 0 Å². The van der Waals surface area contributed by atoms with Gasteiger partial charge in [-0.25, -0.2) is 15.0 Å². The Labute approximate surface area is 262 Å². The molecule has 0 aliphatic rings. The summed E-state index contributed by atoms with van der Waals surface area (Å²) in [6.45, 7) is 0. The molecule has 0 saturated heterocycles. The van der Waals surface area contributed by atoms with Crippen molar-refractivity contribution in [3.63, 3.8) is 0 Å². The van der Waals surface area contributed by atoms with E-state index in [1.54, 1.807) is 0 Å². The molecule has 9 aromatic rings. The van der Waals surface area contributed by atoms with Crippen molar-refractivity contribution in [1.82, 2.24) is 15.0 Å². The van der Waals surface area contributed by atoms with Gasteiger partial charge in [0, 0.05) is 38.2 Å². The van der Waals surface area contributed by atoms with E-state index in [4.69, 9.17) is 35.4 Å². The van der Waals surface area contributed by atoms with E-state index in [1.165, 1.54) is 0 Å². The van der Waals surface area contributed by atoms with Crippen LogP contribution in [-0.4, -0.2) is 15.0 Å². The average Bonchev–Trinajstić information content (AvgIpc) is 3.67. The van der Waals surface area contributed by atoms with Gasteiger partial charge in [-0.05, 0) is 41.5 Å². The fourth-order valence-electron chi connectivity index (χ4n) is 6.16. The molecule has 6 heteroatoms. The van der Waals surface area contributed by atoms with E-state index in [9.17, 15) is 0 Å². The first-order valence-corrected chi connectivity index (χ1v) is 15.0. The lowest BCUT2D eigenvalue weighted by Crippen LogP contribution is -2.01. The lowest BCUT2D eigenvalue weighted by molar-refractivity contribution is 0.668. The van der Waals surface area contributed by atoms with E-state index in [0.717, 1.165) is 66.1 Å². The van der Waals surface area contributed by atoms with Crippen molar-refractivity contribution in [1.29, 1.82) is 0 Å². The highest BCUT2D eigenvalue weighted by Gasteiger charge is 2.20. The third-order valence-electron chi connectivity index (χ3n) is 8.24. The van der Waals surface area contributed by atoms with E-state index in [1.807, 2.05) is 103 Å². The second-order valence-corrected chi connectivity index (χ2v) is 11.3. The van der Waals surface area contributed by atoms with E-state index in [2.05, 4.69) is 30.3 Å². The predicted octanol–water partition coefficient (Wildman–Crippen LogP) is 11.0. The predicted molar refractivity (Wildman–Crippen MR) is 181 cm³/mol. The van der Waals surface area contributed by atoms with Crippen molar-refractivity contribution in [3.8, 4) is 45.3 Å². The number of fused-ring (bicyclic) bond motifs is 6. The van der Waals surface area contributed by atoms with Crippen LogP contribution in [0.5, 0.6) is 0 Å². The maximum absolute atomic E-state index is 6.54. The summed E-state index contributed by atoms with van der Waals surface area (Å²) in [5.74, 6) is 1.73. The zero-order valence-electron chi connectivity index (χ0n) is 23.7. The first kappa shape index (κ1) is 25.7. The molecule has 9 rings (SSSR count). The molecule has 45 heavy (non-hydrogen) atoms.